The van der Waals surface area contributed by atoms with Gasteiger partial charge in [0, 0.05) is 40.9 Å². The predicted octanol–water partition coefficient (Wildman–Crippen LogP) is 5.26. The normalized spacial score (nSPS) is 16.5. The quantitative estimate of drug-likeness (QED) is 0.685. The third-order valence-electron chi connectivity index (χ3n) is 4.07. The molecular formula is C19H22Cl3NO2. The van der Waals surface area contributed by atoms with Crippen LogP contribution in [0.4, 0.5) is 0 Å². The van der Waals surface area contributed by atoms with Crippen LogP contribution >= 0.6 is 35.6 Å². The van der Waals surface area contributed by atoms with E-state index in [1.165, 1.54) is 0 Å². The Hall–Kier alpha value is -0.970. The highest BCUT2D eigenvalue weighted by Gasteiger charge is 2.15. The molecule has 0 amide bonds. The Balaban J connectivity index is 0.00000225. The monoisotopic (exact) mass is 401 g/mol. The van der Waals surface area contributed by atoms with E-state index in [-0.39, 0.29) is 12.4 Å². The van der Waals surface area contributed by atoms with Crippen molar-refractivity contribution in [1.29, 1.82) is 0 Å². The summed E-state index contributed by atoms with van der Waals surface area (Å²) in [4.78, 5) is 0. The van der Waals surface area contributed by atoms with Crippen LogP contribution in [0.1, 0.15) is 24.0 Å². The highest BCUT2D eigenvalue weighted by molar-refractivity contribution is 6.31. The Bertz CT molecular complexity index is 675. The molecule has 1 aliphatic rings. The van der Waals surface area contributed by atoms with Gasteiger partial charge in [-0.05, 0) is 37.1 Å². The highest BCUT2D eigenvalue weighted by atomic mass is 35.5. The van der Waals surface area contributed by atoms with Gasteiger partial charge in [0.25, 0.3) is 0 Å². The van der Waals surface area contributed by atoms with E-state index in [1.807, 2.05) is 42.5 Å². The van der Waals surface area contributed by atoms with Crippen molar-refractivity contribution < 1.29 is 9.47 Å². The molecule has 0 saturated carbocycles. The third kappa shape index (κ3) is 6.05. The van der Waals surface area contributed by atoms with Crippen LogP contribution in [0.25, 0.3) is 0 Å². The summed E-state index contributed by atoms with van der Waals surface area (Å²) in [5.41, 5.74) is 2.00. The molecule has 0 bridgehead atoms. The summed E-state index contributed by atoms with van der Waals surface area (Å²) in [7, 11) is 0. The smallest absolute Gasteiger partial charge is 0.124 e. The summed E-state index contributed by atoms with van der Waals surface area (Å²) in [6.45, 7) is 2.84. The zero-order valence-corrected chi connectivity index (χ0v) is 16.2. The van der Waals surface area contributed by atoms with Gasteiger partial charge < -0.3 is 14.8 Å². The summed E-state index contributed by atoms with van der Waals surface area (Å²) in [5, 5.41) is 4.85. The van der Waals surface area contributed by atoms with E-state index in [1.54, 1.807) is 0 Å². The van der Waals surface area contributed by atoms with E-state index >= 15 is 0 Å². The number of hydrogen-bond acceptors (Lipinski definition) is 3. The Kier molecular flexibility index (Phi) is 8.34. The Morgan fingerprint density at radius 2 is 1.96 bits per heavy atom. The lowest BCUT2D eigenvalue weighted by Crippen LogP contribution is -2.26. The predicted molar refractivity (Wildman–Crippen MR) is 105 cm³/mol. The highest BCUT2D eigenvalue weighted by Crippen LogP contribution is 2.25. The van der Waals surface area contributed by atoms with Crippen LogP contribution in [-0.4, -0.2) is 19.3 Å². The van der Waals surface area contributed by atoms with Crippen molar-refractivity contribution >= 4 is 35.6 Å². The number of rotatable bonds is 7. The number of benzene rings is 2. The lowest BCUT2D eigenvalue weighted by atomic mass is 10.2. The first-order valence-electron chi connectivity index (χ1n) is 8.19. The fourth-order valence-electron chi connectivity index (χ4n) is 2.77. The number of nitrogens with one attached hydrogen (secondary N) is 1. The molecule has 1 aliphatic heterocycles. The van der Waals surface area contributed by atoms with Gasteiger partial charge in [-0.25, -0.2) is 0 Å². The van der Waals surface area contributed by atoms with Crippen LogP contribution in [0.3, 0.4) is 0 Å². The molecule has 1 unspecified atom stereocenters. The van der Waals surface area contributed by atoms with Gasteiger partial charge in [0.05, 0.1) is 6.10 Å². The molecule has 2 aromatic rings. The first kappa shape index (κ1) is 20.3. The van der Waals surface area contributed by atoms with E-state index in [0.29, 0.717) is 29.3 Å². The zero-order chi connectivity index (χ0) is 16.8. The molecule has 6 heteroatoms. The minimum atomic E-state index is 0. The standard InChI is InChI=1S/C19H21Cl2NO2.ClH/c20-16-7-8-19(24-13-14-4-1-2-6-18(14)21)15(10-16)11-22-12-17-5-3-9-23-17;/h1-2,4,6-8,10,17,22H,3,5,9,11-13H2;1H. The molecular weight excluding hydrogens is 381 g/mol. The summed E-state index contributed by atoms with van der Waals surface area (Å²) < 4.78 is 11.6. The van der Waals surface area contributed by atoms with Gasteiger partial charge in [0.1, 0.15) is 12.4 Å². The SMILES string of the molecule is Cl.Clc1ccc(OCc2ccccc2Cl)c(CNCC2CCCO2)c1. The summed E-state index contributed by atoms with van der Waals surface area (Å²) >= 11 is 12.3. The van der Waals surface area contributed by atoms with Crippen LogP contribution in [-0.2, 0) is 17.9 Å². The van der Waals surface area contributed by atoms with Crippen molar-refractivity contribution in [2.45, 2.75) is 32.1 Å². The lowest BCUT2D eigenvalue weighted by Gasteiger charge is -2.15. The van der Waals surface area contributed by atoms with Gasteiger partial charge in [-0.15, -0.1) is 12.4 Å². The molecule has 1 saturated heterocycles. The van der Waals surface area contributed by atoms with Gasteiger partial charge in [-0.3, -0.25) is 0 Å². The van der Waals surface area contributed by atoms with Gasteiger partial charge in [-0.2, -0.15) is 0 Å². The van der Waals surface area contributed by atoms with Crippen LogP contribution in [0.5, 0.6) is 5.75 Å². The van der Waals surface area contributed by atoms with Crippen molar-refractivity contribution in [3.63, 3.8) is 0 Å². The van der Waals surface area contributed by atoms with Crippen molar-refractivity contribution in [1.82, 2.24) is 5.32 Å². The summed E-state index contributed by atoms with van der Waals surface area (Å²) in [5.74, 6) is 0.819. The fraction of sp³-hybridized carbons (Fsp3) is 0.368. The first-order valence-corrected chi connectivity index (χ1v) is 8.95. The van der Waals surface area contributed by atoms with Crippen molar-refractivity contribution in [2.24, 2.45) is 0 Å². The van der Waals surface area contributed by atoms with Crippen LogP contribution in [0.15, 0.2) is 42.5 Å². The second kappa shape index (κ2) is 10.2. The fourth-order valence-corrected chi connectivity index (χ4v) is 3.16. The maximum absolute atomic E-state index is 6.18. The minimum absolute atomic E-state index is 0. The molecule has 3 rings (SSSR count). The molecule has 25 heavy (non-hydrogen) atoms. The molecule has 0 aliphatic carbocycles. The second-order valence-corrected chi connectivity index (χ2v) is 6.74. The largest absolute Gasteiger partial charge is 0.489 e. The average Bonchev–Trinajstić information content (AvgIpc) is 3.09. The molecule has 1 atom stereocenters. The Labute approximate surface area is 165 Å². The molecule has 0 spiro atoms. The second-order valence-electron chi connectivity index (χ2n) is 5.90. The Morgan fingerprint density at radius 1 is 1.12 bits per heavy atom. The molecule has 2 aromatic carbocycles. The number of hydrogen-bond donors (Lipinski definition) is 1. The van der Waals surface area contributed by atoms with Gasteiger partial charge in [0.15, 0.2) is 0 Å². The van der Waals surface area contributed by atoms with Crippen LogP contribution in [0.2, 0.25) is 10.0 Å². The van der Waals surface area contributed by atoms with Gasteiger partial charge in [0.2, 0.25) is 0 Å². The maximum Gasteiger partial charge on any atom is 0.124 e. The maximum atomic E-state index is 6.18. The summed E-state index contributed by atoms with van der Waals surface area (Å²) in [6.07, 6.45) is 2.59. The molecule has 136 valence electrons. The first-order chi connectivity index (χ1) is 11.7. The van der Waals surface area contributed by atoms with Gasteiger partial charge in [-0.1, -0.05) is 41.4 Å². The van der Waals surface area contributed by atoms with Gasteiger partial charge >= 0.3 is 0 Å². The van der Waals surface area contributed by atoms with E-state index in [4.69, 9.17) is 32.7 Å². The number of ether oxygens (including phenoxy) is 2. The van der Waals surface area contributed by atoms with Crippen molar-refractivity contribution in [3.05, 3.63) is 63.6 Å². The van der Waals surface area contributed by atoms with Crippen molar-refractivity contribution in [3.8, 4) is 5.75 Å². The molecule has 3 nitrogen and oxygen atoms in total. The molecule has 1 fully saturated rings. The average molecular weight is 403 g/mol. The lowest BCUT2D eigenvalue weighted by molar-refractivity contribution is 0.110. The molecule has 1 N–H and O–H groups in total. The van der Waals surface area contributed by atoms with E-state index in [0.717, 1.165) is 42.9 Å². The van der Waals surface area contributed by atoms with E-state index < -0.39 is 0 Å². The Morgan fingerprint density at radius 3 is 2.72 bits per heavy atom. The van der Waals surface area contributed by atoms with Crippen molar-refractivity contribution in [2.75, 3.05) is 13.2 Å². The van der Waals surface area contributed by atoms with Crippen LogP contribution in [0, 0.1) is 0 Å². The topological polar surface area (TPSA) is 30.5 Å². The van der Waals surface area contributed by atoms with E-state index in [9.17, 15) is 0 Å². The minimum Gasteiger partial charge on any atom is -0.489 e. The molecule has 0 radical (unpaired) electrons. The molecule has 0 aromatic heterocycles. The van der Waals surface area contributed by atoms with E-state index in [2.05, 4.69) is 5.32 Å². The number of halogens is 3. The zero-order valence-electron chi connectivity index (χ0n) is 13.8. The van der Waals surface area contributed by atoms with Crippen LogP contribution < -0.4 is 10.1 Å². The summed E-state index contributed by atoms with van der Waals surface area (Å²) in [6, 6.07) is 13.4. The third-order valence-corrected chi connectivity index (χ3v) is 4.68. The molecule has 1 heterocycles.